The lowest BCUT2D eigenvalue weighted by Gasteiger charge is -2.45. The topological polar surface area (TPSA) is 56.1 Å². The highest BCUT2D eigenvalue weighted by atomic mass is 19.4. The maximum Gasteiger partial charge on any atom is 0.416 e. The molecule has 2 aromatic rings. The first-order valence-electron chi connectivity index (χ1n) is 11.9. The van der Waals surface area contributed by atoms with Gasteiger partial charge in [0, 0.05) is 19.0 Å². The van der Waals surface area contributed by atoms with Crippen LogP contribution in [0.2, 0.25) is 0 Å². The molecule has 1 heterocycles. The largest absolute Gasteiger partial charge is 0.416 e. The third-order valence-corrected chi connectivity index (χ3v) is 7.58. The average Bonchev–Trinajstić information content (AvgIpc) is 2.84. The van der Waals surface area contributed by atoms with Gasteiger partial charge in [-0.1, -0.05) is 36.4 Å². The number of nitrogens with zero attached hydrogens (tertiary/aromatic N) is 2. The maximum atomic E-state index is 13.4. The van der Waals surface area contributed by atoms with Crippen molar-refractivity contribution in [2.24, 2.45) is 11.3 Å². The van der Waals surface area contributed by atoms with Crippen molar-refractivity contribution < 1.29 is 18.0 Å². The fourth-order valence-electron chi connectivity index (χ4n) is 5.41. The van der Waals surface area contributed by atoms with Gasteiger partial charge >= 0.3 is 6.18 Å². The Balaban J connectivity index is 1.27. The maximum absolute atomic E-state index is 13.4. The molecule has 2 aliphatic rings. The molecule has 0 radical (unpaired) electrons. The van der Waals surface area contributed by atoms with Crippen LogP contribution >= 0.6 is 0 Å². The molecule has 180 valence electrons. The summed E-state index contributed by atoms with van der Waals surface area (Å²) in [5.74, 6) is -0.325. The standard InChI is InChI=1S/C27H30F3N3O/c28-27(29,30)24-16-21(17-31)6-7-23(24)18-32-25(34)22-8-10-26(11-9-22)12-14-33(15-13-26)19-20-4-2-1-3-5-20/h1-7,16,22H,8-15,18-19H2,(H,32,34). The lowest BCUT2D eigenvalue weighted by molar-refractivity contribution is -0.138. The van der Waals surface area contributed by atoms with E-state index in [4.69, 9.17) is 5.26 Å². The quantitative estimate of drug-likeness (QED) is 0.614. The number of alkyl halides is 3. The molecule has 34 heavy (non-hydrogen) atoms. The van der Waals surface area contributed by atoms with Crippen LogP contribution in [0.15, 0.2) is 48.5 Å². The fraction of sp³-hybridized carbons (Fsp3) is 0.481. The van der Waals surface area contributed by atoms with Gasteiger partial charge in [0.05, 0.1) is 17.2 Å². The zero-order valence-electron chi connectivity index (χ0n) is 19.2. The van der Waals surface area contributed by atoms with Crippen molar-refractivity contribution in [1.82, 2.24) is 10.2 Å². The molecule has 0 atom stereocenters. The van der Waals surface area contributed by atoms with Crippen LogP contribution in [-0.2, 0) is 24.1 Å². The minimum atomic E-state index is -4.57. The molecule has 1 amide bonds. The minimum absolute atomic E-state index is 0.0158. The van der Waals surface area contributed by atoms with E-state index in [0.29, 0.717) is 5.41 Å². The zero-order chi connectivity index (χ0) is 24.2. The summed E-state index contributed by atoms with van der Waals surface area (Å²) in [6.07, 6.45) is 1.25. The number of carbonyl (C=O) groups excluding carboxylic acids is 1. The highest BCUT2D eigenvalue weighted by Gasteiger charge is 2.40. The van der Waals surface area contributed by atoms with E-state index in [0.717, 1.165) is 64.2 Å². The number of benzene rings is 2. The van der Waals surface area contributed by atoms with Crippen molar-refractivity contribution in [2.45, 2.75) is 57.8 Å². The third kappa shape index (κ3) is 5.79. The van der Waals surface area contributed by atoms with Crippen molar-refractivity contribution in [1.29, 1.82) is 5.26 Å². The number of hydrogen-bond donors (Lipinski definition) is 1. The summed E-state index contributed by atoms with van der Waals surface area (Å²) in [6.45, 7) is 2.90. The number of hydrogen-bond acceptors (Lipinski definition) is 3. The number of nitrogens with one attached hydrogen (secondary N) is 1. The summed E-state index contributed by atoms with van der Waals surface area (Å²) in [5, 5.41) is 11.6. The number of rotatable bonds is 5. The van der Waals surface area contributed by atoms with Gasteiger partial charge in [-0.25, -0.2) is 0 Å². The van der Waals surface area contributed by atoms with Crippen molar-refractivity contribution in [3.63, 3.8) is 0 Å². The lowest BCUT2D eigenvalue weighted by Crippen LogP contribution is -2.43. The minimum Gasteiger partial charge on any atom is -0.352 e. The van der Waals surface area contributed by atoms with E-state index < -0.39 is 11.7 Å². The number of nitriles is 1. The van der Waals surface area contributed by atoms with Crippen LogP contribution in [0.1, 0.15) is 60.8 Å². The van der Waals surface area contributed by atoms with E-state index in [-0.39, 0.29) is 29.5 Å². The molecule has 0 bridgehead atoms. The summed E-state index contributed by atoms with van der Waals surface area (Å²) in [6, 6.07) is 15.7. The Kier molecular flexibility index (Phi) is 7.27. The van der Waals surface area contributed by atoms with Crippen LogP contribution in [0.4, 0.5) is 13.2 Å². The molecule has 0 unspecified atom stereocenters. The molecule has 1 aliphatic heterocycles. The first-order chi connectivity index (χ1) is 16.3. The van der Waals surface area contributed by atoms with Gasteiger partial charge in [0.25, 0.3) is 0 Å². The molecular weight excluding hydrogens is 439 g/mol. The van der Waals surface area contributed by atoms with Gasteiger partial charge < -0.3 is 5.32 Å². The predicted octanol–water partition coefficient (Wildman–Crippen LogP) is 5.67. The molecule has 2 fully saturated rings. The Bertz CT molecular complexity index is 1030. The van der Waals surface area contributed by atoms with Gasteiger partial charge in [-0.3, -0.25) is 9.69 Å². The summed E-state index contributed by atoms with van der Waals surface area (Å²) >= 11 is 0. The first kappa shape index (κ1) is 24.3. The average molecular weight is 470 g/mol. The number of amides is 1. The van der Waals surface area contributed by atoms with E-state index in [2.05, 4.69) is 34.5 Å². The van der Waals surface area contributed by atoms with Crippen LogP contribution < -0.4 is 5.32 Å². The molecule has 7 heteroatoms. The highest BCUT2D eigenvalue weighted by molar-refractivity contribution is 5.78. The molecule has 1 spiro atoms. The Morgan fingerprint density at radius 1 is 1.06 bits per heavy atom. The molecule has 4 rings (SSSR count). The van der Waals surface area contributed by atoms with Gasteiger partial charge in [-0.15, -0.1) is 0 Å². The Hall–Kier alpha value is -2.85. The van der Waals surface area contributed by atoms with E-state index in [1.165, 1.54) is 17.7 Å². The monoisotopic (exact) mass is 469 g/mol. The molecular formula is C27H30F3N3O. The molecule has 1 saturated carbocycles. The number of carbonyl (C=O) groups is 1. The second-order valence-electron chi connectivity index (χ2n) is 9.74. The van der Waals surface area contributed by atoms with Crippen LogP contribution in [0.25, 0.3) is 0 Å². The SMILES string of the molecule is N#Cc1ccc(CNC(=O)C2CCC3(CC2)CCN(Cc2ccccc2)CC3)c(C(F)(F)F)c1. The Morgan fingerprint density at radius 3 is 2.35 bits per heavy atom. The molecule has 0 aromatic heterocycles. The van der Waals surface area contributed by atoms with E-state index in [1.807, 2.05) is 6.07 Å². The normalized spacial score (nSPS) is 19.0. The summed E-state index contributed by atoms with van der Waals surface area (Å²) in [5.41, 5.74) is 0.694. The van der Waals surface area contributed by atoms with Crippen molar-refractivity contribution in [3.8, 4) is 6.07 Å². The summed E-state index contributed by atoms with van der Waals surface area (Å²) in [4.78, 5) is 15.2. The lowest BCUT2D eigenvalue weighted by atomic mass is 9.65. The van der Waals surface area contributed by atoms with Gasteiger partial charge in [0.1, 0.15) is 0 Å². The van der Waals surface area contributed by atoms with Crippen molar-refractivity contribution in [3.05, 3.63) is 70.8 Å². The van der Waals surface area contributed by atoms with Crippen molar-refractivity contribution >= 4 is 5.91 Å². The third-order valence-electron chi connectivity index (χ3n) is 7.58. The van der Waals surface area contributed by atoms with Crippen LogP contribution in [0.5, 0.6) is 0 Å². The highest BCUT2D eigenvalue weighted by Crippen LogP contribution is 2.46. The van der Waals surface area contributed by atoms with Crippen LogP contribution in [0, 0.1) is 22.7 Å². The predicted molar refractivity (Wildman–Crippen MR) is 123 cm³/mol. The van der Waals surface area contributed by atoms with Gasteiger partial charge in [-0.2, -0.15) is 18.4 Å². The van der Waals surface area contributed by atoms with Gasteiger partial charge in [0.15, 0.2) is 0 Å². The zero-order valence-corrected chi connectivity index (χ0v) is 19.2. The molecule has 1 aliphatic carbocycles. The number of piperidine rings is 1. The fourth-order valence-corrected chi connectivity index (χ4v) is 5.41. The smallest absolute Gasteiger partial charge is 0.352 e. The summed E-state index contributed by atoms with van der Waals surface area (Å²) < 4.78 is 40.1. The molecule has 4 nitrogen and oxygen atoms in total. The molecule has 1 saturated heterocycles. The van der Waals surface area contributed by atoms with Crippen LogP contribution in [-0.4, -0.2) is 23.9 Å². The van der Waals surface area contributed by atoms with E-state index >= 15 is 0 Å². The molecule has 1 N–H and O–H groups in total. The van der Waals surface area contributed by atoms with E-state index in [1.54, 1.807) is 6.07 Å². The first-order valence-corrected chi connectivity index (χ1v) is 11.9. The summed E-state index contributed by atoms with van der Waals surface area (Å²) in [7, 11) is 0. The Labute approximate surface area is 198 Å². The number of likely N-dealkylation sites (tertiary alicyclic amines) is 1. The van der Waals surface area contributed by atoms with E-state index in [9.17, 15) is 18.0 Å². The second kappa shape index (κ2) is 10.2. The molecule has 2 aromatic carbocycles. The van der Waals surface area contributed by atoms with Crippen LogP contribution in [0.3, 0.4) is 0 Å². The van der Waals surface area contributed by atoms with Gasteiger partial charge in [-0.05, 0) is 80.3 Å². The second-order valence-corrected chi connectivity index (χ2v) is 9.74. The van der Waals surface area contributed by atoms with Crippen molar-refractivity contribution in [2.75, 3.05) is 13.1 Å². The Morgan fingerprint density at radius 2 is 1.74 bits per heavy atom. The number of halogens is 3. The van der Waals surface area contributed by atoms with Gasteiger partial charge in [0.2, 0.25) is 5.91 Å².